The van der Waals surface area contributed by atoms with Gasteiger partial charge in [-0.2, -0.15) is 0 Å². The van der Waals surface area contributed by atoms with Gasteiger partial charge in [0.15, 0.2) is 0 Å². The summed E-state index contributed by atoms with van der Waals surface area (Å²) in [6.07, 6.45) is 1.44. The van der Waals surface area contributed by atoms with Crippen LogP contribution in [0.25, 0.3) is 0 Å². The summed E-state index contributed by atoms with van der Waals surface area (Å²) < 4.78 is 5.37. The fourth-order valence-corrected chi connectivity index (χ4v) is 4.88. The van der Waals surface area contributed by atoms with Crippen LogP contribution in [-0.2, 0) is 17.6 Å². The fourth-order valence-electron chi connectivity index (χ4n) is 4.68. The highest BCUT2D eigenvalue weighted by atomic mass is 35.5. The van der Waals surface area contributed by atoms with Crippen molar-refractivity contribution in [2.24, 2.45) is 5.92 Å². The predicted molar refractivity (Wildman–Crippen MR) is 135 cm³/mol. The highest BCUT2D eigenvalue weighted by Gasteiger charge is 2.37. The topological polar surface area (TPSA) is 32.8 Å². The second kappa shape index (κ2) is 10.4. The average molecular weight is 463 g/mol. The Morgan fingerprint density at radius 3 is 2.42 bits per heavy atom. The summed E-state index contributed by atoms with van der Waals surface area (Å²) >= 11 is 6.41. The van der Waals surface area contributed by atoms with Gasteiger partial charge in [0.1, 0.15) is 5.75 Å². The molecule has 2 atom stereocenters. The number of rotatable bonds is 7. The van der Waals surface area contributed by atoms with Gasteiger partial charge in [-0.25, -0.2) is 0 Å². The minimum absolute atomic E-state index is 0.0326. The Morgan fingerprint density at radius 2 is 1.76 bits per heavy atom. The van der Waals surface area contributed by atoms with Gasteiger partial charge in [-0.05, 0) is 79.9 Å². The minimum Gasteiger partial charge on any atom is -0.497 e. The van der Waals surface area contributed by atoms with Crippen LogP contribution >= 0.6 is 11.6 Å². The molecule has 0 saturated carbocycles. The normalized spacial score (nSPS) is 18.2. The first-order valence-corrected chi connectivity index (χ1v) is 11.8. The monoisotopic (exact) mass is 462 g/mol. The quantitative estimate of drug-likeness (QED) is 0.468. The van der Waals surface area contributed by atoms with Crippen molar-refractivity contribution in [1.82, 2.24) is 4.90 Å². The van der Waals surface area contributed by atoms with Crippen molar-refractivity contribution in [1.29, 1.82) is 0 Å². The van der Waals surface area contributed by atoms with Crippen molar-refractivity contribution >= 4 is 23.2 Å². The number of halogens is 1. The lowest BCUT2D eigenvalue weighted by molar-refractivity contribution is -0.123. The first kappa shape index (κ1) is 23.3. The number of hydrogen-bond acceptors (Lipinski definition) is 3. The van der Waals surface area contributed by atoms with Crippen LogP contribution in [0.3, 0.4) is 0 Å². The molecule has 0 aliphatic carbocycles. The molecule has 0 fully saturated rings. The first-order chi connectivity index (χ1) is 16.0. The van der Waals surface area contributed by atoms with Crippen molar-refractivity contribution in [3.05, 3.63) is 94.5 Å². The van der Waals surface area contributed by atoms with Crippen molar-refractivity contribution in [3.8, 4) is 5.75 Å². The molecule has 1 aliphatic rings. The molecule has 4 nitrogen and oxygen atoms in total. The summed E-state index contributed by atoms with van der Waals surface area (Å²) in [4.78, 5) is 18.3. The van der Waals surface area contributed by atoms with Crippen LogP contribution in [0.15, 0.2) is 72.8 Å². The molecular formula is C28H31ClN2O2. The predicted octanol–water partition coefficient (Wildman–Crippen LogP) is 5.44. The minimum atomic E-state index is -0.186. The number of fused-ring (bicyclic) bond motifs is 1. The Labute approximate surface area is 201 Å². The average Bonchev–Trinajstić information content (AvgIpc) is 2.93. The summed E-state index contributed by atoms with van der Waals surface area (Å²) in [6, 6.07) is 24.4. The van der Waals surface area contributed by atoms with Gasteiger partial charge in [-0.1, -0.05) is 54.1 Å². The number of likely N-dealkylation sites (N-methyl/N-ethyl adjacent to an activating group) is 1. The summed E-state index contributed by atoms with van der Waals surface area (Å²) in [6.45, 7) is 1.43. The molecule has 0 spiro atoms. The molecule has 1 amide bonds. The van der Waals surface area contributed by atoms with E-state index >= 15 is 0 Å². The molecular weight excluding hydrogens is 432 g/mol. The lowest BCUT2D eigenvalue weighted by atomic mass is 9.78. The maximum atomic E-state index is 14.2. The van der Waals surface area contributed by atoms with Gasteiger partial charge in [0, 0.05) is 29.7 Å². The van der Waals surface area contributed by atoms with Crippen molar-refractivity contribution < 1.29 is 9.53 Å². The Bertz CT molecular complexity index is 1080. The van der Waals surface area contributed by atoms with E-state index in [-0.39, 0.29) is 17.7 Å². The molecule has 0 unspecified atom stereocenters. The summed E-state index contributed by atoms with van der Waals surface area (Å²) in [7, 11) is 5.74. The number of benzene rings is 3. The SMILES string of the molecule is COc1ccc([C@@H]2Cc3cc(Cl)ccc3N(CCN(C)C)C(=O)[C@@H]2Cc2ccccc2)cc1. The molecule has 1 aliphatic heterocycles. The maximum absolute atomic E-state index is 14.2. The molecule has 172 valence electrons. The summed E-state index contributed by atoms with van der Waals surface area (Å²) in [5, 5.41) is 0.698. The number of amides is 1. The van der Waals surface area contributed by atoms with E-state index < -0.39 is 0 Å². The molecule has 33 heavy (non-hydrogen) atoms. The van der Waals surface area contributed by atoms with Crippen molar-refractivity contribution in [3.63, 3.8) is 0 Å². The number of hydrogen-bond donors (Lipinski definition) is 0. The molecule has 5 heteroatoms. The number of ether oxygens (including phenoxy) is 1. The van der Waals surface area contributed by atoms with Crippen LogP contribution in [0.4, 0.5) is 5.69 Å². The zero-order valence-electron chi connectivity index (χ0n) is 19.5. The van der Waals surface area contributed by atoms with Gasteiger partial charge in [0.05, 0.1) is 7.11 Å². The van der Waals surface area contributed by atoms with Gasteiger partial charge in [-0.15, -0.1) is 0 Å². The smallest absolute Gasteiger partial charge is 0.231 e. The van der Waals surface area contributed by atoms with Gasteiger partial charge in [0.25, 0.3) is 0 Å². The van der Waals surface area contributed by atoms with E-state index in [1.165, 1.54) is 5.56 Å². The first-order valence-electron chi connectivity index (χ1n) is 11.4. The lowest BCUT2D eigenvalue weighted by Gasteiger charge is -2.30. The molecule has 0 bridgehead atoms. The highest BCUT2D eigenvalue weighted by Crippen LogP contribution is 2.40. The van der Waals surface area contributed by atoms with Crippen LogP contribution in [0.1, 0.15) is 22.6 Å². The van der Waals surface area contributed by atoms with Gasteiger partial charge >= 0.3 is 0 Å². The third-order valence-corrected chi connectivity index (χ3v) is 6.69. The zero-order chi connectivity index (χ0) is 23.4. The molecule has 1 heterocycles. The standard InChI is InChI=1S/C28H31ClN2O2/c1-30(2)15-16-31-27-14-11-23(29)18-22(27)19-25(21-9-12-24(33-3)13-10-21)26(28(31)32)17-20-7-5-4-6-8-20/h4-14,18,25-26H,15-17,19H2,1-3H3/t25-,26+/m0/s1. The molecule has 3 aromatic carbocycles. The van der Waals surface area contributed by atoms with Crippen LogP contribution in [0, 0.1) is 5.92 Å². The van der Waals surface area contributed by atoms with Gasteiger partial charge < -0.3 is 14.5 Å². The Balaban J connectivity index is 1.80. The van der Waals surface area contributed by atoms with Crippen LogP contribution in [0.2, 0.25) is 5.02 Å². The van der Waals surface area contributed by atoms with Gasteiger partial charge in [-0.3, -0.25) is 4.79 Å². The van der Waals surface area contributed by atoms with E-state index in [1.54, 1.807) is 7.11 Å². The molecule has 0 saturated heterocycles. The second-order valence-corrected chi connectivity index (χ2v) is 9.38. The molecule has 3 aromatic rings. The maximum Gasteiger partial charge on any atom is 0.231 e. The van der Waals surface area contributed by atoms with Crippen LogP contribution < -0.4 is 9.64 Å². The zero-order valence-corrected chi connectivity index (χ0v) is 20.3. The summed E-state index contributed by atoms with van der Waals surface area (Å²) in [5.41, 5.74) is 4.41. The van der Waals surface area contributed by atoms with E-state index in [2.05, 4.69) is 29.2 Å². The Morgan fingerprint density at radius 1 is 1.03 bits per heavy atom. The van der Waals surface area contributed by atoms with E-state index in [0.29, 0.717) is 18.0 Å². The Kier molecular flexibility index (Phi) is 7.36. The van der Waals surface area contributed by atoms with Crippen molar-refractivity contribution in [2.75, 3.05) is 39.2 Å². The summed E-state index contributed by atoms with van der Waals surface area (Å²) in [5.74, 6) is 0.830. The van der Waals surface area contributed by atoms with Crippen LogP contribution in [-0.4, -0.2) is 45.1 Å². The number of anilines is 1. The largest absolute Gasteiger partial charge is 0.497 e. The number of carbonyl (C=O) groups is 1. The van der Waals surface area contributed by atoms with E-state index in [1.807, 2.05) is 67.5 Å². The third-order valence-electron chi connectivity index (χ3n) is 6.45. The molecule has 4 rings (SSSR count). The number of nitrogens with zero attached hydrogens (tertiary/aromatic N) is 2. The third kappa shape index (κ3) is 5.40. The highest BCUT2D eigenvalue weighted by molar-refractivity contribution is 6.30. The lowest BCUT2D eigenvalue weighted by Crippen LogP contribution is -2.41. The van der Waals surface area contributed by atoms with E-state index in [0.717, 1.165) is 35.5 Å². The van der Waals surface area contributed by atoms with E-state index in [4.69, 9.17) is 16.3 Å². The second-order valence-electron chi connectivity index (χ2n) is 8.95. The van der Waals surface area contributed by atoms with Crippen molar-refractivity contribution in [2.45, 2.75) is 18.8 Å². The van der Waals surface area contributed by atoms with E-state index in [9.17, 15) is 4.79 Å². The molecule has 0 N–H and O–H groups in total. The van der Waals surface area contributed by atoms with Crippen LogP contribution in [0.5, 0.6) is 5.75 Å². The number of methoxy groups -OCH3 is 1. The van der Waals surface area contributed by atoms with Gasteiger partial charge in [0.2, 0.25) is 5.91 Å². The fraction of sp³-hybridized carbons (Fsp3) is 0.321. The molecule has 0 radical (unpaired) electrons. The Hall–Kier alpha value is -2.82. The number of carbonyl (C=O) groups excluding carboxylic acids is 1. The molecule has 0 aromatic heterocycles.